The molecule has 0 heterocycles. The first-order chi connectivity index (χ1) is 33.0. The highest BCUT2D eigenvalue weighted by Crippen LogP contribution is 2.11. The summed E-state index contributed by atoms with van der Waals surface area (Å²) >= 11 is 0. The average molecular weight is 925 g/mol. The largest absolute Gasteiger partial charge is 0.462 e. The second-order valence-corrected chi connectivity index (χ2v) is 17.0. The maximum atomic E-state index is 12.8. The fourth-order valence-corrected chi connectivity index (χ4v) is 6.61. The van der Waals surface area contributed by atoms with Crippen molar-refractivity contribution >= 4 is 17.9 Å². The fraction of sp³-hybridized carbons (Fsp3) is 0.590. The predicted octanol–water partition coefficient (Wildman–Crippen LogP) is 17.9. The minimum atomic E-state index is -0.838. The van der Waals surface area contributed by atoms with E-state index in [1.54, 1.807) is 0 Å². The van der Waals surface area contributed by atoms with Gasteiger partial charge < -0.3 is 14.2 Å². The van der Waals surface area contributed by atoms with Crippen molar-refractivity contribution in [1.82, 2.24) is 0 Å². The molecule has 6 heteroatoms. The van der Waals surface area contributed by atoms with E-state index in [0.717, 1.165) is 109 Å². The topological polar surface area (TPSA) is 78.9 Å². The second kappa shape index (κ2) is 54.2. The van der Waals surface area contributed by atoms with E-state index in [1.807, 2.05) is 0 Å². The highest BCUT2D eigenvalue weighted by atomic mass is 16.6. The molecule has 0 aliphatic carbocycles. The van der Waals surface area contributed by atoms with Gasteiger partial charge in [0.25, 0.3) is 0 Å². The van der Waals surface area contributed by atoms with Crippen LogP contribution in [0.3, 0.4) is 0 Å². The molecule has 0 rings (SSSR count). The third-order valence-corrected chi connectivity index (χ3v) is 10.6. The van der Waals surface area contributed by atoms with E-state index in [0.29, 0.717) is 19.3 Å². The predicted molar refractivity (Wildman–Crippen MR) is 288 cm³/mol. The van der Waals surface area contributed by atoms with Crippen LogP contribution < -0.4 is 0 Å². The van der Waals surface area contributed by atoms with E-state index in [1.165, 1.54) is 51.4 Å². The van der Waals surface area contributed by atoms with Crippen molar-refractivity contribution in [2.24, 2.45) is 0 Å². The van der Waals surface area contributed by atoms with Gasteiger partial charge in [-0.3, -0.25) is 14.4 Å². The summed E-state index contributed by atoms with van der Waals surface area (Å²) in [6, 6.07) is 0. The van der Waals surface area contributed by atoms with E-state index in [2.05, 4.69) is 154 Å². The maximum absolute atomic E-state index is 12.8. The zero-order valence-corrected chi connectivity index (χ0v) is 42.9. The Morgan fingerprint density at radius 2 is 0.597 bits per heavy atom. The number of esters is 3. The van der Waals surface area contributed by atoms with Gasteiger partial charge in [0.2, 0.25) is 0 Å². The molecule has 376 valence electrons. The van der Waals surface area contributed by atoms with E-state index in [9.17, 15) is 14.4 Å². The van der Waals surface area contributed by atoms with Crippen LogP contribution in [0.1, 0.15) is 213 Å². The lowest BCUT2D eigenvalue weighted by Gasteiger charge is -2.18. The number of hydrogen-bond acceptors (Lipinski definition) is 6. The van der Waals surface area contributed by atoms with Crippen LogP contribution in [-0.4, -0.2) is 37.2 Å². The molecule has 0 fully saturated rings. The molecule has 0 bridgehead atoms. The molecule has 0 N–H and O–H groups in total. The SMILES string of the molecule is CC/C=C\C/C=C\C/C=C\C/C=C\C/C=C\CCCC(=O)O[C@@H](COC(=O)CCCC/C=C\C/C=C\C/C=C\CCCCC)COC(=O)CCCCCC/C=C\C/C=C\C/C=C\CCCCC. The molecule has 67 heavy (non-hydrogen) atoms. The first-order valence-electron chi connectivity index (χ1n) is 26.7. The second-order valence-electron chi connectivity index (χ2n) is 17.0. The summed E-state index contributed by atoms with van der Waals surface area (Å²) in [4.78, 5) is 38.0. The van der Waals surface area contributed by atoms with Crippen LogP contribution >= 0.6 is 0 Å². The summed E-state index contributed by atoms with van der Waals surface area (Å²) in [5, 5.41) is 0. The van der Waals surface area contributed by atoms with Gasteiger partial charge >= 0.3 is 17.9 Å². The van der Waals surface area contributed by atoms with Crippen molar-refractivity contribution in [2.75, 3.05) is 13.2 Å². The van der Waals surface area contributed by atoms with Crippen LogP contribution in [0.4, 0.5) is 0 Å². The smallest absolute Gasteiger partial charge is 0.306 e. The summed E-state index contributed by atoms with van der Waals surface area (Å²) in [5.41, 5.74) is 0. The van der Waals surface area contributed by atoms with Crippen molar-refractivity contribution in [3.05, 3.63) is 134 Å². The Labute approximate surface area is 411 Å². The molecule has 1 atom stereocenters. The monoisotopic (exact) mass is 925 g/mol. The number of unbranched alkanes of at least 4 members (excludes halogenated alkanes) is 13. The van der Waals surface area contributed by atoms with Crippen molar-refractivity contribution in [2.45, 2.75) is 219 Å². The van der Waals surface area contributed by atoms with Gasteiger partial charge in [0.15, 0.2) is 6.10 Å². The summed E-state index contributed by atoms with van der Waals surface area (Å²) in [7, 11) is 0. The van der Waals surface area contributed by atoms with Gasteiger partial charge in [0.05, 0.1) is 0 Å². The van der Waals surface area contributed by atoms with Gasteiger partial charge in [-0.2, -0.15) is 0 Å². The first kappa shape index (κ1) is 62.5. The minimum absolute atomic E-state index is 0.129. The van der Waals surface area contributed by atoms with Crippen molar-refractivity contribution in [1.29, 1.82) is 0 Å². The highest BCUT2D eigenvalue weighted by molar-refractivity contribution is 5.71. The van der Waals surface area contributed by atoms with Gasteiger partial charge in [0.1, 0.15) is 13.2 Å². The summed E-state index contributed by atoms with van der Waals surface area (Å²) in [6.45, 7) is 6.35. The lowest BCUT2D eigenvalue weighted by atomic mass is 10.1. The van der Waals surface area contributed by atoms with E-state index in [-0.39, 0.29) is 44.0 Å². The van der Waals surface area contributed by atoms with Crippen LogP contribution in [0.15, 0.2) is 134 Å². The molecule has 0 aromatic heterocycles. The quantitative estimate of drug-likeness (QED) is 0.0262. The first-order valence-corrected chi connectivity index (χ1v) is 26.7. The maximum Gasteiger partial charge on any atom is 0.306 e. The third-order valence-electron chi connectivity index (χ3n) is 10.6. The Kier molecular flexibility index (Phi) is 50.6. The Morgan fingerprint density at radius 3 is 0.970 bits per heavy atom. The van der Waals surface area contributed by atoms with Crippen molar-refractivity contribution in [3.63, 3.8) is 0 Å². The number of rotatable bonds is 46. The van der Waals surface area contributed by atoms with Crippen molar-refractivity contribution < 1.29 is 28.6 Å². The number of ether oxygens (including phenoxy) is 3. The number of hydrogen-bond donors (Lipinski definition) is 0. The van der Waals surface area contributed by atoms with Crippen LogP contribution in [0, 0.1) is 0 Å². The minimum Gasteiger partial charge on any atom is -0.462 e. The van der Waals surface area contributed by atoms with E-state index >= 15 is 0 Å². The molecule has 0 saturated carbocycles. The highest BCUT2D eigenvalue weighted by Gasteiger charge is 2.19. The number of carbonyl (C=O) groups excluding carboxylic acids is 3. The van der Waals surface area contributed by atoms with Crippen LogP contribution in [0.25, 0.3) is 0 Å². The molecular formula is C61H96O6. The molecule has 0 aromatic rings. The Hall–Kier alpha value is -4.45. The zero-order valence-electron chi connectivity index (χ0n) is 42.9. The van der Waals surface area contributed by atoms with E-state index < -0.39 is 6.10 Å². The molecule has 0 aliphatic heterocycles. The molecular weight excluding hydrogens is 829 g/mol. The zero-order chi connectivity index (χ0) is 48.6. The standard InChI is InChI=1S/C61H96O6/c1-4-7-10-13-16-19-22-25-28-30-33-36-39-42-45-48-51-54-60(63)66-57-58(56-65-59(62)53-50-47-44-41-38-35-32-27-24-21-18-15-12-9-6-3)67-61(64)55-52-49-46-43-40-37-34-31-29-26-23-20-17-14-11-8-5-2/h8,11,16-21,25-29,32-34,36-38,41,43,46,58H,4-7,9-10,12-15,22-24,30-31,35,39-40,42,44-45,47-57H2,1-3H3/b11-8-,19-16-,20-17-,21-18-,28-25-,29-26-,32-27-,36-33-,37-34-,41-38-,46-43-/t58-/m0/s1. The third kappa shape index (κ3) is 52.4. The van der Waals surface area contributed by atoms with Gasteiger partial charge in [-0.1, -0.05) is 193 Å². The molecule has 0 unspecified atom stereocenters. The van der Waals surface area contributed by atoms with Crippen LogP contribution in [-0.2, 0) is 28.6 Å². The molecule has 0 amide bonds. The normalized spacial score (nSPS) is 13.2. The van der Waals surface area contributed by atoms with Gasteiger partial charge in [-0.05, 0) is 135 Å². The fourth-order valence-electron chi connectivity index (χ4n) is 6.61. The lowest BCUT2D eigenvalue weighted by molar-refractivity contribution is -0.167. The number of allylic oxidation sites excluding steroid dienone is 22. The van der Waals surface area contributed by atoms with Gasteiger partial charge in [0, 0.05) is 19.3 Å². The Balaban J connectivity index is 4.61. The molecule has 0 spiro atoms. The molecule has 0 aromatic carbocycles. The van der Waals surface area contributed by atoms with Gasteiger partial charge in [-0.25, -0.2) is 0 Å². The lowest BCUT2D eigenvalue weighted by Crippen LogP contribution is -2.30. The molecule has 0 saturated heterocycles. The summed E-state index contributed by atoms with van der Waals surface area (Å²) < 4.78 is 16.7. The van der Waals surface area contributed by atoms with Crippen LogP contribution in [0.5, 0.6) is 0 Å². The van der Waals surface area contributed by atoms with E-state index in [4.69, 9.17) is 14.2 Å². The van der Waals surface area contributed by atoms with Gasteiger partial charge in [-0.15, -0.1) is 0 Å². The molecule has 0 radical (unpaired) electrons. The Bertz CT molecular complexity index is 1480. The summed E-state index contributed by atoms with van der Waals surface area (Å²) in [6.07, 6.45) is 75.8. The van der Waals surface area contributed by atoms with Crippen molar-refractivity contribution in [3.8, 4) is 0 Å². The Morgan fingerprint density at radius 1 is 0.313 bits per heavy atom. The molecule has 0 aliphatic rings. The average Bonchev–Trinajstić information content (AvgIpc) is 3.33. The molecule has 6 nitrogen and oxygen atoms in total. The number of carbonyl (C=O) groups is 3. The van der Waals surface area contributed by atoms with Crippen LogP contribution in [0.2, 0.25) is 0 Å². The summed E-state index contributed by atoms with van der Waals surface area (Å²) in [5.74, 6) is -1.06.